The minimum Gasteiger partial charge on any atom is -0.506 e. The number of fused-ring (bicyclic) bond motifs is 1. The molecule has 1 aromatic carbocycles. The molecule has 0 fully saturated rings. The molecular formula is C17H22ClNO. The number of halogens is 1. The molecular weight excluding hydrogens is 270 g/mol. The number of allylic oxidation sites excluding steroid dienone is 1. The molecule has 1 unspecified atom stereocenters. The van der Waals surface area contributed by atoms with Crippen LogP contribution in [0, 0.1) is 0 Å². The molecule has 0 spiro atoms. The van der Waals surface area contributed by atoms with Gasteiger partial charge in [-0.2, -0.15) is 0 Å². The molecule has 0 saturated carbocycles. The van der Waals surface area contributed by atoms with Crippen LogP contribution in [0.1, 0.15) is 37.3 Å². The van der Waals surface area contributed by atoms with Crippen LogP contribution in [0.2, 0.25) is 5.02 Å². The van der Waals surface area contributed by atoms with Gasteiger partial charge in [-0.3, -0.25) is 4.90 Å². The molecule has 3 rings (SSSR count). The number of phenolic OH excluding ortho intramolecular Hbond substituents is 1. The van der Waals surface area contributed by atoms with Crippen LogP contribution < -0.4 is 0 Å². The summed E-state index contributed by atoms with van der Waals surface area (Å²) in [5, 5.41) is 10.4. The minimum absolute atomic E-state index is 0.214. The topological polar surface area (TPSA) is 23.5 Å². The lowest BCUT2D eigenvalue weighted by molar-refractivity contribution is 0.277. The number of hydrogen-bond acceptors (Lipinski definition) is 2. The molecule has 0 amide bonds. The Bertz CT molecular complexity index is 564. The number of likely N-dealkylation sites (N-methyl/N-ethyl adjacent to an activating group) is 1. The molecule has 1 aliphatic carbocycles. The molecule has 1 aromatic rings. The minimum atomic E-state index is 0.214. The average Bonchev–Trinajstić information content (AvgIpc) is 2.77. The van der Waals surface area contributed by atoms with Crippen molar-refractivity contribution < 1.29 is 5.11 Å². The third kappa shape index (κ3) is 2.47. The van der Waals surface area contributed by atoms with Gasteiger partial charge in [-0.25, -0.2) is 0 Å². The fraction of sp³-hybridized carbons (Fsp3) is 0.529. The Kier molecular flexibility index (Phi) is 3.78. The van der Waals surface area contributed by atoms with Crippen LogP contribution in [-0.2, 0) is 12.8 Å². The number of phenols is 1. The Labute approximate surface area is 126 Å². The van der Waals surface area contributed by atoms with Gasteiger partial charge in [-0.05, 0) is 69.3 Å². The van der Waals surface area contributed by atoms with Crippen molar-refractivity contribution in [3.05, 3.63) is 39.4 Å². The van der Waals surface area contributed by atoms with Crippen molar-refractivity contribution in [3.63, 3.8) is 0 Å². The Morgan fingerprint density at radius 3 is 2.70 bits per heavy atom. The molecule has 0 saturated heterocycles. The van der Waals surface area contributed by atoms with Crippen molar-refractivity contribution >= 4 is 11.6 Å². The molecule has 0 bridgehead atoms. The number of nitrogens with zero attached hydrogens (tertiary/aromatic N) is 1. The highest BCUT2D eigenvalue weighted by atomic mass is 35.5. The quantitative estimate of drug-likeness (QED) is 0.792. The first kappa shape index (κ1) is 14.0. The number of hydrogen-bond donors (Lipinski definition) is 1. The fourth-order valence-corrected chi connectivity index (χ4v) is 3.83. The van der Waals surface area contributed by atoms with Crippen LogP contribution in [-0.4, -0.2) is 29.6 Å². The van der Waals surface area contributed by atoms with E-state index < -0.39 is 0 Å². The van der Waals surface area contributed by atoms with Crippen LogP contribution in [0.5, 0.6) is 5.75 Å². The van der Waals surface area contributed by atoms with Gasteiger partial charge in [0, 0.05) is 12.6 Å². The molecule has 1 atom stereocenters. The highest BCUT2D eigenvalue weighted by Gasteiger charge is 2.27. The van der Waals surface area contributed by atoms with Gasteiger partial charge in [0.05, 0.1) is 5.02 Å². The van der Waals surface area contributed by atoms with E-state index in [0.29, 0.717) is 11.1 Å². The first-order valence-corrected chi connectivity index (χ1v) is 7.83. The molecule has 1 N–H and O–H groups in total. The lowest BCUT2D eigenvalue weighted by Gasteiger charge is -2.28. The third-order valence-electron chi connectivity index (χ3n) is 4.90. The van der Waals surface area contributed by atoms with Gasteiger partial charge in [-0.1, -0.05) is 22.7 Å². The van der Waals surface area contributed by atoms with E-state index in [1.807, 2.05) is 12.1 Å². The van der Waals surface area contributed by atoms with E-state index in [4.69, 9.17) is 11.6 Å². The average molecular weight is 292 g/mol. The van der Waals surface area contributed by atoms with Gasteiger partial charge in [0.15, 0.2) is 0 Å². The second kappa shape index (κ2) is 5.42. The van der Waals surface area contributed by atoms with Crippen LogP contribution in [0.3, 0.4) is 0 Å². The standard InChI is InChI=1S/C17H22ClNO/c1-11-4-3-5-14(11)16-9-13-10-17(20)15(18)8-12(13)6-7-19(16)2/h8,10,16,20H,3-7,9H2,1-2H3. The number of rotatable bonds is 1. The fourth-order valence-electron chi connectivity index (χ4n) is 3.64. The first-order valence-electron chi connectivity index (χ1n) is 7.45. The maximum absolute atomic E-state index is 9.88. The maximum atomic E-state index is 9.88. The summed E-state index contributed by atoms with van der Waals surface area (Å²) in [4.78, 5) is 2.47. The Morgan fingerprint density at radius 2 is 2.00 bits per heavy atom. The van der Waals surface area contributed by atoms with Gasteiger partial charge in [-0.15, -0.1) is 0 Å². The summed E-state index contributed by atoms with van der Waals surface area (Å²) < 4.78 is 0. The van der Waals surface area contributed by atoms with Gasteiger partial charge in [0.2, 0.25) is 0 Å². The summed E-state index contributed by atoms with van der Waals surface area (Å²) in [6.07, 6.45) is 5.77. The van der Waals surface area contributed by atoms with Crippen molar-refractivity contribution in [2.24, 2.45) is 0 Å². The van der Waals surface area contributed by atoms with E-state index in [2.05, 4.69) is 18.9 Å². The lowest BCUT2D eigenvalue weighted by atomic mass is 9.94. The van der Waals surface area contributed by atoms with E-state index in [9.17, 15) is 5.11 Å². The molecule has 20 heavy (non-hydrogen) atoms. The molecule has 108 valence electrons. The van der Waals surface area contributed by atoms with Crippen molar-refractivity contribution in [1.29, 1.82) is 0 Å². The maximum Gasteiger partial charge on any atom is 0.134 e. The van der Waals surface area contributed by atoms with E-state index >= 15 is 0 Å². The van der Waals surface area contributed by atoms with Gasteiger partial charge in [0.1, 0.15) is 5.75 Å². The van der Waals surface area contributed by atoms with Crippen LogP contribution in [0.15, 0.2) is 23.3 Å². The summed E-state index contributed by atoms with van der Waals surface area (Å²) in [5.74, 6) is 0.214. The largest absolute Gasteiger partial charge is 0.506 e. The molecule has 1 heterocycles. The highest BCUT2D eigenvalue weighted by Crippen LogP contribution is 2.35. The van der Waals surface area contributed by atoms with E-state index in [0.717, 1.165) is 19.4 Å². The summed E-state index contributed by atoms with van der Waals surface area (Å²) in [7, 11) is 2.22. The van der Waals surface area contributed by atoms with Crippen molar-refractivity contribution in [2.75, 3.05) is 13.6 Å². The van der Waals surface area contributed by atoms with Crippen molar-refractivity contribution in [2.45, 2.75) is 45.1 Å². The Morgan fingerprint density at radius 1 is 1.20 bits per heavy atom. The SMILES string of the molecule is CC1=C(C2Cc3cc(O)c(Cl)cc3CCN2C)CCC1. The van der Waals surface area contributed by atoms with E-state index in [1.165, 1.54) is 30.4 Å². The predicted molar refractivity (Wildman–Crippen MR) is 83.5 cm³/mol. The summed E-state index contributed by atoms with van der Waals surface area (Å²) in [5.41, 5.74) is 5.74. The lowest BCUT2D eigenvalue weighted by Crippen LogP contribution is -2.34. The Balaban J connectivity index is 1.97. The second-order valence-electron chi connectivity index (χ2n) is 6.18. The van der Waals surface area contributed by atoms with Crippen LogP contribution in [0.25, 0.3) is 0 Å². The van der Waals surface area contributed by atoms with E-state index in [-0.39, 0.29) is 5.75 Å². The predicted octanol–water partition coefficient (Wildman–Crippen LogP) is 3.95. The van der Waals surface area contributed by atoms with E-state index in [1.54, 1.807) is 11.1 Å². The van der Waals surface area contributed by atoms with Gasteiger partial charge < -0.3 is 5.11 Å². The molecule has 2 aliphatic rings. The zero-order valence-electron chi connectivity index (χ0n) is 12.2. The van der Waals surface area contributed by atoms with Crippen molar-refractivity contribution in [1.82, 2.24) is 4.90 Å². The molecule has 3 heteroatoms. The molecule has 2 nitrogen and oxygen atoms in total. The van der Waals surface area contributed by atoms with Gasteiger partial charge in [0.25, 0.3) is 0 Å². The number of benzene rings is 1. The first-order chi connectivity index (χ1) is 9.56. The molecule has 0 radical (unpaired) electrons. The molecule has 0 aromatic heterocycles. The van der Waals surface area contributed by atoms with Crippen LogP contribution >= 0.6 is 11.6 Å². The smallest absolute Gasteiger partial charge is 0.134 e. The zero-order chi connectivity index (χ0) is 14.3. The van der Waals surface area contributed by atoms with Crippen LogP contribution in [0.4, 0.5) is 0 Å². The second-order valence-corrected chi connectivity index (χ2v) is 6.59. The Hall–Kier alpha value is -0.990. The third-order valence-corrected chi connectivity index (χ3v) is 5.20. The van der Waals surface area contributed by atoms with Gasteiger partial charge >= 0.3 is 0 Å². The summed E-state index contributed by atoms with van der Waals surface area (Å²) >= 11 is 6.05. The molecule has 1 aliphatic heterocycles. The normalized spacial score (nSPS) is 23.9. The highest BCUT2D eigenvalue weighted by molar-refractivity contribution is 6.32. The van der Waals surface area contributed by atoms with Crippen molar-refractivity contribution in [3.8, 4) is 5.75 Å². The number of aromatic hydroxyl groups is 1. The summed E-state index contributed by atoms with van der Waals surface area (Å²) in [6.45, 7) is 3.33. The monoisotopic (exact) mass is 291 g/mol. The zero-order valence-corrected chi connectivity index (χ0v) is 13.0. The summed E-state index contributed by atoms with van der Waals surface area (Å²) in [6, 6.07) is 4.30.